The molecule has 0 aromatic carbocycles. The van der Waals surface area contributed by atoms with Gasteiger partial charge in [0.2, 0.25) is 11.8 Å². The summed E-state index contributed by atoms with van der Waals surface area (Å²) in [5, 5.41) is 11.4. The second kappa shape index (κ2) is 6.06. The zero-order valence-corrected chi connectivity index (χ0v) is 12.2. The number of rotatable bonds is 3. The fourth-order valence-corrected chi connectivity index (χ4v) is 2.36. The van der Waals surface area contributed by atoms with Crippen LogP contribution in [0, 0.1) is 17.0 Å². The molecule has 3 heterocycles. The van der Waals surface area contributed by atoms with E-state index in [1.54, 1.807) is 18.0 Å². The molecule has 22 heavy (non-hydrogen) atoms. The molecule has 0 spiro atoms. The zero-order valence-electron chi connectivity index (χ0n) is 12.2. The molecule has 0 N–H and O–H groups in total. The first-order chi connectivity index (χ1) is 10.7. The number of aliphatic imine (C=N–C) groups is 1. The molecular formula is C13H16N6O3. The molecule has 116 valence electrons. The monoisotopic (exact) mass is 304 g/mol. The third kappa shape index (κ3) is 2.75. The highest BCUT2D eigenvalue weighted by molar-refractivity contribution is 5.85. The molecule has 9 heteroatoms. The van der Waals surface area contributed by atoms with Gasteiger partial charge >= 0.3 is 5.69 Å². The number of nitrogens with zero attached hydrogens (tertiary/aromatic N) is 6. The number of hydrogen-bond donors (Lipinski definition) is 0. The van der Waals surface area contributed by atoms with Gasteiger partial charge in [0.25, 0.3) is 0 Å². The Bertz CT molecular complexity index is 627. The van der Waals surface area contributed by atoms with Crippen molar-refractivity contribution in [2.45, 2.75) is 6.92 Å². The fourth-order valence-electron chi connectivity index (χ4n) is 2.36. The lowest BCUT2D eigenvalue weighted by Gasteiger charge is -2.27. The summed E-state index contributed by atoms with van der Waals surface area (Å²) in [5.74, 6) is 0.715. The van der Waals surface area contributed by atoms with Crippen molar-refractivity contribution in [1.82, 2.24) is 9.97 Å². The highest BCUT2D eigenvalue weighted by Gasteiger charge is 2.27. The Kier molecular flexibility index (Phi) is 3.96. The molecule has 0 bridgehead atoms. The van der Waals surface area contributed by atoms with E-state index in [9.17, 15) is 10.1 Å². The van der Waals surface area contributed by atoms with Gasteiger partial charge < -0.3 is 9.64 Å². The number of aromatic nitrogens is 2. The van der Waals surface area contributed by atoms with Crippen molar-refractivity contribution in [2.75, 3.05) is 42.6 Å². The molecule has 1 fully saturated rings. The van der Waals surface area contributed by atoms with Gasteiger partial charge in [-0.2, -0.15) is 4.98 Å². The van der Waals surface area contributed by atoms with E-state index in [1.165, 1.54) is 6.34 Å². The minimum atomic E-state index is -0.454. The van der Waals surface area contributed by atoms with Crippen LogP contribution >= 0.6 is 0 Å². The summed E-state index contributed by atoms with van der Waals surface area (Å²) in [4.78, 5) is 27.2. The minimum Gasteiger partial charge on any atom is -0.378 e. The van der Waals surface area contributed by atoms with E-state index in [0.717, 1.165) is 0 Å². The molecule has 0 saturated carbocycles. The van der Waals surface area contributed by atoms with Gasteiger partial charge in [-0.25, -0.2) is 4.98 Å². The number of anilines is 2. The third-order valence-corrected chi connectivity index (χ3v) is 3.43. The SMILES string of the molecule is Cc1nc(N2CCOCC2)nc(N2C=CCN=C2)c1[N+](=O)[O-]. The van der Waals surface area contributed by atoms with Crippen LogP contribution in [0.3, 0.4) is 0 Å². The number of aryl methyl sites for hydroxylation is 1. The van der Waals surface area contributed by atoms with Gasteiger partial charge in [-0.15, -0.1) is 0 Å². The summed E-state index contributed by atoms with van der Waals surface area (Å²) in [6.45, 7) is 4.71. The molecule has 2 aliphatic rings. The molecule has 0 aliphatic carbocycles. The van der Waals surface area contributed by atoms with Gasteiger partial charge in [-0.05, 0) is 13.0 Å². The normalized spacial score (nSPS) is 17.9. The van der Waals surface area contributed by atoms with Gasteiger partial charge in [0.15, 0.2) is 0 Å². The highest BCUT2D eigenvalue weighted by atomic mass is 16.6. The summed E-state index contributed by atoms with van der Waals surface area (Å²) in [6, 6.07) is 0. The van der Waals surface area contributed by atoms with Crippen molar-refractivity contribution < 1.29 is 9.66 Å². The number of morpholine rings is 1. The lowest BCUT2D eigenvalue weighted by atomic mass is 10.3. The molecule has 1 aromatic heterocycles. The van der Waals surface area contributed by atoms with Crippen LogP contribution in [-0.2, 0) is 4.74 Å². The maximum Gasteiger partial charge on any atom is 0.333 e. The minimum absolute atomic E-state index is 0.102. The van der Waals surface area contributed by atoms with Gasteiger partial charge in [0.05, 0.1) is 31.0 Å². The van der Waals surface area contributed by atoms with E-state index < -0.39 is 4.92 Å². The predicted octanol–water partition coefficient (Wildman–Crippen LogP) is 0.892. The van der Waals surface area contributed by atoms with E-state index in [2.05, 4.69) is 15.0 Å². The van der Waals surface area contributed by atoms with Crippen molar-refractivity contribution in [3.63, 3.8) is 0 Å². The lowest BCUT2D eigenvalue weighted by molar-refractivity contribution is -0.385. The van der Waals surface area contributed by atoms with Crippen LogP contribution in [0.25, 0.3) is 0 Å². The molecular weight excluding hydrogens is 288 g/mol. The fraction of sp³-hybridized carbons (Fsp3) is 0.462. The number of nitro groups is 1. The average Bonchev–Trinajstić information content (AvgIpc) is 2.55. The first-order valence-electron chi connectivity index (χ1n) is 6.97. The third-order valence-electron chi connectivity index (χ3n) is 3.43. The van der Waals surface area contributed by atoms with Crippen molar-refractivity contribution in [2.24, 2.45) is 4.99 Å². The van der Waals surface area contributed by atoms with E-state index in [4.69, 9.17) is 4.74 Å². The van der Waals surface area contributed by atoms with Crippen LogP contribution < -0.4 is 9.80 Å². The van der Waals surface area contributed by atoms with Gasteiger partial charge in [0.1, 0.15) is 5.69 Å². The van der Waals surface area contributed by atoms with Crippen LogP contribution in [0.1, 0.15) is 5.69 Å². The molecule has 0 unspecified atom stereocenters. The van der Waals surface area contributed by atoms with Crippen LogP contribution in [0.4, 0.5) is 17.5 Å². The standard InChI is InChI=1S/C13H16N6O3/c1-10-11(19(20)21)12(18-4-2-3-14-9-18)16-13(15-10)17-5-7-22-8-6-17/h2,4,9H,3,5-8H2,1H3. The molecule has 1 saturated heterocycles. The summed E-state index contributed by atoms with van der Waals surface area (Å²) < 4.78 is 5.31. The summed E-state index contributed by atoms with van der Waals surface area (Å²) >= 11 is 0. The summed E-state index contributed by atoms with van der Waals surface area (Å²) in [5.41, 5.74) is 0.235. The highest BCUT2D eigenvalue weighted by Crippen LogP contribution is 2.31. The first-order valence-corrected chi connectivity index (χ1v) is 6.97. The Morgan fingerprint density at radius 2 is 2.09 bits per heavy atom. The molecule has 0 radical (unpaired) electrons. The quantitative estimate of drug-likeness (QED) is 0.604. The lowest BCUT2D eigenvalue weighted by Crippen LogP contribution is -2.37. The second-order valence-corrected chi connectivity index (χ2v) is 4.91. The van der Waals surface area contributed by atoms with Crippen molar-refractivity contribution in [1.29, 1.82) is 0 Å². The van der Waals surface area contributed by atoms with Crippen molar-refractivity contribution in [3.05, 3.63) is 28.1 Å². The zero-order chi connectivity index (χ0) is 15.5. The van der Waals surface area contributed by atoms with E-state index in [0.29, 0.717) is 44.5 Å². The molecule has 0 amide bonds. The largest absolute Gasteiger partial charge is 0.378 e. The Hall–Kier alpha value is -2.55. The maximum atomic E-state index is 11.4. The van der Waals surface area contributed by atoms with Crippen molar-refractivity contribution >= 4 is 23.8 Å². The van der Waals surface area contributed by atoms with Gasteiger partial charge in [0, 0.05) is 19.3 Å². The molecule has 0 atom stereocenters. The summed E-state index contributed by atoms with van der Waals surface area (Å²) in [6.07, 6.45) is 5.08. The van der Waals surface area contributed by atoms with Crippen molar-refractivity contribution in [3.8, 4) is 0 Å². The molecule has 3 rings (SSSR count). The van der Waals surface area contributed by atoms with Crippen LogP contribution in [-0.4, -0.2) is 54.1 Å². The number of hydrogen-bond acceptors (Lipinski definition) is 8. The topological polar surface area (TPSA) is 97.0 Å². The smallest absolute Gasteiger partial charge is 0.333 e. The Labute approximate surface area is 127 Å². The van der Waals surface area contributed by atoms with E-state index in [-0.39, 0.29) is 11.5 Å². The first kappa shape index (κ1) is 14.4. The van der Waals surface area contributed by atoms with Crippen LogP contribution in [0.15, 0.2) is 17.3 Å². The Balaban J connectivity index is 2.05. The maximum absolute atomic E-state index is 11.4. The Morgan fingerprint density at radius 3 is 2.73 bits per heavy atom. The van der Waals surface area contributed by atoms with E-state index in [1.807, 2.05) is 11.0 Å². The van der Waals surface area contributed by atoms with Crippen LogP contribution in [0.5, 0.6) is 0 Å². The second-order valence-electron chi connectivity index (χ2n) is 4.91. The van der Waals surface area contributed by atoms with Gasteiger partial charge in [-0.1, -0.05) is 0 Å². The molecule has 9 nitrogen and oxygen atoms in total. The Morgan fingerprint density at radius 1 is 1.32 bits per heavy atom. The van der Waals surface area contributed by atoms with Crippen LogP contribution in [0.2, 0.25) is 0 Å². The predicted molar refractivity (Wildman–Crippen MR) is 81.4 cm³/mol. The average molecular weight is 304 g/mol. The summed E-state index contributed by atoms with van der Waals surface area (Å²) in [7, 11) is 0. The molecule has 1 aromatic rings. The number of ether oxygens (including phenoxy) is 1. The molecule has 2 aliphatic heterocycles. The van der Waals surface area contributed by atoms with Gasteiger partial charge in [-0.3, -0.25) is 20.0 Å². The van der Waals surface area contributed by atoms with E-state index >= 15 is 0 Å².